The second-order valence-electron chi connectivity index (χ2n) is 6.65. The fraction of sp³-hybridized carbons (Fsp3) is 0.933. The summed E-state index contributed by atoms with van der Waals surface area (Å²) in [5.74, 6) is 0.525. The van der Waals surface area contributed by atoms with Crippen molar-refractivity contribution in [2.24, 2.45) is 11.7 Å². The summed E-state index contributed by atoms with van der Waals surface area (Å²) in [4.78, 5) is 14.0. The van der Waals surface area contributed by atoms with E-state index in [4.69, 9.17) is 15.2 Å². The predicted octanol–water partition coefficient (Wildman–Crippen LogP) is 1.44. The molecule has 0 aromatic rings. The summed E-state index contributed by atoms with van der Waals surface area (Å²) in [7, 11) is 1.68. The van der Waals surface area contributed by atoms with Crippen molar-refractivity contribution in [3.63, 3.8) is 0 Å². The number of nitrogens with zero attached hydrogens (tertiary/aromatic N) is 1. The molecule has 0 aliphatic rings. The van der Waals surface area contributed by atoms with E-state index in [1.54, 1.807) is 7.11 Å². The number of methoxy groups -OCH3 is 1. The topological polar surface area (TPSA) is 76.8 Å². The molecule has 126 valence electrons. The Hall–Kier alpha value is -0.850. The van der Waals surface area contributed by atoms with E-state index in [1.807, 2.05) is 20.8 Å². The molecule has 0 bridgehead atoms. The lowest BCUT2D eigenvalue weighted by Gasteiger charge is -2.32. The van der Waals surface area contributed by atoms with E-state index in [9.17, 15) is 4.79 Å². The smallest absolute Gasteiger partial charge is 0.407 e. The van der Waals surface area contributed by atoms with Gasteiger partial charge in [-0.05, 0) is 26.7 Å². The second kappa shape index (κ2) is 9.97. The van der Waals surface area contributed by atoms with Gasteiger partial charge >= 0.3 is 6.09 Å². The van der Waals surface area contributed by atoms with Gasteiger partial charge in [0.25, 0.3) is 0 Å². The van der Waals surface area contributed by atoms with Crippen molar-refractivity contribution in [1.29, 1.82) is 0 Å². The number of rotatable bonds is 9. The van der Waals surface area contributed by atoms with Crippen molar-refractivity contribution >= 4 is 6.09 Å². The van der Waals surface area contributed by atoms with E-state index in [-0.39, 0.29) is 6.04 Å². The van der Waals surface area contributed by atoms with Gasteiger partial charge in [0, 0.05) is 39.3 Å². The lowest BCUT2D eigenvalue weighted by Crippen LogP contribution is -2.50. The maximum atomic E-state index is 11.7. The summed E-state index contributed by atoms with van der Waals surface area (Å²) < 4.78 is 10.4. The number of hydrogen-bond acceptors (Lipinski definition) is 5. The number of amides is 1. The van der Waals surface area contributed by atoms with Crippen LogP contribution in [0, 0.1) is 5.92 Å². The van der Waals surface area contributed by atoms with Gasteiger partial charge in [-0.15, -0.1) is 0 Å². The van der Waals surface area contributed by atoms with Crippen molar-refractivity contribution < 1.29 is 14.3 Å². The van der Waals surface area contributed by atoms with Gasteiger partial charge < -0.3 is 20.5 Å². The van der Waals surface area contributed by atoms with E-state index in [2.05, 4.69) is 24.1 Å². The van der Waals surface area contributed by atoms with Crippen molar-refractivity contribution in [1.82, 2.24) is 10.2 Å². The second-order valence-corrected chi connectivity index (χ2v) is 6.65. The van der Waals surface area contributed by atoms with Crippen LogP contribution in [0.15, 0.2) is 0 Å². The summed E-state index contributed by atoms with van der Waals surface area (Å²) >= 11 is 0. The van der Waals surface area contributed by atoms with E-state index < -0.39 is 11.7 Å². The Labute approximate surface area is 129 Å². The quantitative estimate of drug-likeness (QED) is 0.674. The van der Waals surface area contributed by atoms with Gasteiger partial charge in [-0.25, -0.2) is 4.79 Å². The third-order valence-corrected chi connectivity index (χ3v) is 2.85. The van der Waals surface area contributed by atoms with Crippen molar-refractivity contribution in [3.8, 4) is 0 Å². The van der Waals surface area contributed by atoms with Crippen LogP contribution in [0.4, 0.5) is 4.79 Å². The minimum absolute atomic E-state index is 0.0788. The molecule has 0 saturated heterocycles. The summed E-state index contributed by atoms with van der Waals surface area (Å²) in [6.45, 7) is 13.2. The van der Waals surface area contributed by atoms with E-state index in [0.29, 0.717) is 25.6 Å². The molecule has 0 radical (unpaired) electrons. The van der Waals surface area contributed by atoms with Gasteiger partial charge in [0.15, 0.2) is 0 Å². The Morgan fingerprint density at radius 2 is 1.95 bits per heavy atom. The summed E-state index contributed by atoms with van der Waals surface area (Å²) in [5, 5.41) is 2.80. The average Bonchev–Trinajstić information content (AvgIpc) is 2.33. The summed E-state index contributed by atoms with van der Waals surface area (Å²) in [6, 6.07) is 0.0788. The molecule has 0 aliphatic heterocycles. The van der Waals surface area contributed by atoms with Crippen LogP contribution in [0.5, 0.6) is 0 Å². The maximum Gasteiger partial charge on any atom is 0.407 e. The van der Waals surface area contributed by atoms with Crippen LogP contribution in [0.3, 0.4) is 0 Å². The molecule has 1 atom stereocenters. The van der Waals surface area contributed by atoms with Crippen molar-refractivity contribution in [2.45, 2.75) is 46.3 Å². The predicted molar refractivity (Wildman–Crippen MR) is 85.4 cm³/mol. The first-order chi connectivity index (χ1) is 9.69. The highest BCUT2D eigenvalue weighted by atomic mass is 16.6. The van der Waals surface area contributed by atoms with Gasteiger partial charge in [-0.3, -0.25) is 4.90 Å². The average molecular weight is 303 g/mol. The van der Waals surface area contributed by atoms with Crippen LogP contribution in [-0.4, -0.2) is 62.5 Å². The molecule has 6 nitrogen and oxygen atoms in total. The molecule has 0 aromatic carbocycles. The number of ether oxygens (including phenoxy) is 2. The lowest BCUT2D eigenvalue weighted by molar-refractivity contribution is 0.0497. The molecule has 0 aromatic heterocycles. The Morgan fingerprint density at radius 3 is 2.38 bits per heavy atom. The first kappa shape index (κ1) is 20.1. The number of carbonyl (C=O) groups is 1. The standard InChI is InChI=1S/C15H33N3O3/c1-12(2)11-18(7-8-20-6)13(9-16)10-17-14(19)21-15(3,4)5/h12-13H,7-11,16H2,1-6H3,(H,17,19). The van der Waals surface area contributed by atoms with Gasteiger partial charge in [-0.1, -0.05) is 13.8 Å². The van der Waals surface area contributed by atoms with Gasteiger partial charge in [0.05, 0.1) is 6.61 Å². The fourth-order valence-corrected chi connectivity index (χ4v) is 1.98. The zero-order valence-electron chi connectivity index (χ0n) is 14.4. The summed E-state index contributed by atoms with van der Waals surface area (Å²) in [5.41, 5.74) is 5.37. The largest absolute Gasteiger partial charge is 0.444 e. The van der Waals surface area contributed by atoms with E-state index >= 15 is 0 Å². The first-order valence-electron chi connectivity index (χ1n) is 7.59. The van der Waals surface area contributed by atoms with Crippen LogP contribution in [0.1, 0.15) is 34.6 Å². The van der Waals surface area contributed by atoms with Crippen LogP contribution in [0.2, 0.25) is 0 Å². The lowest BCUT2D eigenvalue weighted by atomic mass is 10.1. The summed E-state index contributed by atoms with van der Waals surface area (Å²) in [6.07, 6.45) is -0.405. The number of nitrogens with two attached hydrogens (primary N) is 1. The van der Waals surface area contributed by atoms with Gasteiger partial charge in [0.1, 0.15) is 5.60 Å². The normalized spacial score (nSPS) is 13.6. The van der Waals surface area contributed by atoms with Gasteiger partial charge in [-0.2, -0.15) is 0 Å². The van der Waals surface area contributed by atoms with E-state index in [0.717, 1.165) is 13.1 Å². The molecular formula is C15H33N3O3. The minimum Gasteiger partial charge on any atom is -0.444 e. The number of hydrogen-bond donors (Lipinski definition) is 2. The fourth-order valence-electron chi connectivity index (χ4n) is 1.98. The molecular weight excluding hydrogens is 270 g/mol. The third-order valence-electron chi connectivity index (χ3n) is 2.85. The molecule has 0 aliphatic carbocycles. The third kappa shape index (κ3) is 10.5. The van der Waals surface area contributed by atoms with Crippen LogP contribution >= 0.6 is 0 Å². The Morgan fingerprint density at radius 1 is 1.33 bits per heavy atom. The molecule has 0 rings (SSSR count). The monoisotopic (exact) mass is 303 g/mol. The molecule has 0 spiro atoms. The zero-order chi connectivity index (χ0) is 16.5. The van der Waals surface area contributed by atoms with Crippen molar-refractivity contribution in [3.05, 3.63) is 0 Å². The highest BCUT2D eigenvalue weighted by molar-refractivity contribution is 5.67. The minimum atomic E-state index is -0.490. The molecule has 21 heavy (non-hydrogen) atoms. The SMILES string of the molecule is COCCN(CC(C)C)C(CN)CNC(=O)OC(C)(C)C. The molecule has 0 fully saturated rings. The molecule has 6 heteroatoms. The molecule has 1 amide bonds. The van der Waals surface area contributed by atoms with Crippen LogP contribution in [0.25, 0.3) is 0 Å². The van der Waals surface area contributed by atoms with Crippen LogP contribution < -0.4 is 11.1 Å². The number of alkyl carbamates (subject to hydrolysis) is 1. The Bertz CT molecular complexity index is 290. The first-order valence-corrected chi connectivity index (χ1v) is 7.59. The molecule has 0 saturated carbocycles. The van der Waals surface area contributed by atoms with Crippen molar-refractivity contribution in [2.75, 3.05) is 39.9 Å². The Balaban J connectivity index is 4.44. The zero-order valence-corrected chi connectivity index (χ0v) is 14.4. The molecule has 1 unspecified atom stereocenters. The molecule has 0 heterocycles. The maximum absolute atomic E-state index is 11.7. The Kier molecular flexibility index (Phi) is 9.57. The highest BCUT2D eigenvalue weighted by Gasteiger charge is 2.21. The molecule has 3 N–H and O–H groups in total. The van der Waals surface area contributed by atoms with E-state index in [1.165, 1.54) is 0 Å². The van der Waals surface area contributed by atoms with Gasteiger partial charge in [0.2, 0.25) is 0 Å². The number of carbonyl (C=O) groups excluding carboxylic acids is 1. The van der Waals surface area contributed by atoms with Crippen LogP contribution in [-0.2, 0) is 9.47 Å². The number of nitrogens with one attached hydrogen (secondary N) is 1. The highest BCUT2D eigenvalue weighted by Crippen LogP contribution is 2.07.